The number of anilines is 2. The molecule has 1 unspecified atom stereocenters. The number of benzene rings is 1. The maximum absolute atomic E-state index is 12.4. The Labute approximate surface area is 127 Å². The Morgan fingerprint density at radius 2 is 2.10 bits per heavy atom. The van der Waals surface area contributed by atoms with E-state index in [2.05, 4.69) is 10.2 Å². The van der Waals surface area contributed by atoms with Crippen molar-refractivity contribution in [2.75, 3.05) is 24.6 Å². The molecule has 1 amide bonds. The second kappa shape index (κ2) is 6.94. The van der Waals surface area contributed by atoms with Gasteiger partial charge in [-0.25, -0.2) is 0 Å². The maximum atomic E-state index is 12.4. The number of nitrogens with two attached hydrogens (primary N) is 1. The summed E-state index contributed by atoms with van der Waals surface area (Å²) in [6.07, 6.45) is 5.28. The van der Waals surface area contributed by atoms with Crippen molar-refractivity contribution < 1.29 is 4.79 Å². The number of amides is 1. The zero-order valence-electron chi connectivity index (χ0n) is 13.4. The van der Waals surface area contributed by atoms with Gasteiger partial charge in [-0.05, 0) is 63.4 Å². The number of hydrogen-bond acceptors (Lipinski definition) is 3. The molecule has 21 heavy (non-hydrogen) atoms. The third-order valence-corrected chi connectivity index (χ3v) is 4.57. The van der Waals surface area contributed by atoms with E-state index >= 15 is 0 Å². The summed E-state index contributed by atoms with van der Waals surface area (Å²) in [4.78, 5) is 14.5. The van der Waals surface area contributed by atoms with E-state index in [0.717, 1.165) is 29.4 Å². The molecular formula is C17H27N3O. The van der Waals surface area contributed by atoms with E-state index in [1.807, 2.05) is 39.1 Å². The first-order valence-electron chi connectivity index (χ1n) is 7.84. The molecule has 0 heterocycles. The number of nitrogen functional groups attached to an aromatic ring is 1. The Kier molecular flexibility index (Phi) is 5.23. The zero-order valence-corrected chi connectivity index (χ0v) is 13.4. The first-order valence-corrected chi connectivity index (χ1v) is 7.84. The number of rotatable bonds is 5. The molecule has 0 saturated heterocycles. The molecule has 4 heteroatoms. The minimum Gasteiger partial charge on any atom is -0.399 e. The van der Waals surface area contributed by atoms with Crippen molar-refractivity contribution in [3.63, 3.8) is 0 Å². The fraction of sp³-hybridized carbons (Fsp3) is 0.588. The second-order valence-electron chi connectivity index (χ2n) is 6.33. The van der Waals surface area contributed by atoms with Crippen LogP contribution in [0.5, 0.6) is 0 Å². The minimum absolute atomic E-state index is 0.0448. The highest BCUT2D eigenvalue weighted by molar-refractivity contribution is 5.95. The molecule has 116 valence electrons. The SMILES string of the molecule is Cc1cc(N)ccc1NC(=O)C(C)N(C)CC1CCCC1. The van der Waals surface area contributed by atoms with Crippen molar-refractivity contribution in [3.05, 3.63) is 23.8 Å². The normalized spacial score (nSPS) is 17.1. The number of carbonyl (C=O) groups excluding carboxylic acids is 1. The van der Waals surface area contributed by atoms with Crippen LogP contribution in [0.4, 0.5) is 11.4 Å². The highest BCUT2D eigenvalue weighted by atomic mass is 16.2. The van der Waals surface area contributed by atoms with Gasteiger partial charge in [-0.15, -0.1) is 0 Å². The van der Waals surface area contributed by atoms with Crippen LogP contribution in [0.1, 0.15) is 38.2 Å². The molecule has 0 spiro atoms. The maximum Gasteiger partial charge on any atom is 0.241 e. The van der Waals surface area contributed by atoms with Crippen molar-refractivity contribution in [2.45, 2.75) is 45.6 Å². The molecule has 4 nitrogen and oxygen atoms in total. The van der Waals surface area contributed by atoms with Gasteiger partial charge in [0.05, 0.1) is 6.04 Å². The molecule has 0 aromatic heterocycles. The van der Waals surface area contributed by atoms with Gasteiger partial charge in [0.25, 0.3) is 0 Å². The summed E-state index contributed by atoms with van der Waals surface area (Å²) in [5.41, 5.74) is 8.29. The van der Waals surface area contributed by atoms with E-state index in [1.165, 1.54) is 25.7 Å². The quantitative estimate of drug-likeness (QED) is 0.819. The van der Waals surface area contributed by atoms with Crippen molar-refractivity contribution in [2.24, 2.45) is 5.92 Å². The van der Waals surface area contributed by atoms with Crippen LogP contribution in [-0.2, 0) is 4.79 Å². The number of nitrogens with zero attached hydrogens (tertiary/aromatic N) is 1. The van der Waals surface area contributed by atoms with E-state index < -0.39 is 0 Å². The average molecular weight is 289 g/mol. The molecule has 1 aromatic carbocycles. The minimum atomic E-state index is -0.123. The first kappa shape index (κ1) is 15.8. The molecule has 3 N–H and O–H groups in total. The highest BCUT2D eigenvalue weighted by Crippen LogP contribution is 2.26. The Balaban J connectivity index is 1.91. The number of likely N-dealkylation sites (N-methyl/N-ethyl adjacent to an activating group) is 1. The van der Waals surface area contributed by atoms with Crippen LogP contribution >= 0.6 is 0 Å². The zero-order chi connectivity index (χ0) is 15.4. The predicted octanol–water partition coefficient (Wildman–Crippen LogP) is 3.03. The number of nitrogens with one attached hydrogen (secondary N) is 1. The van der Waals surface area contributed by atoms with Gasteiger partial charge in [0.15, 0.2) is 0 Å². The lowest BCUT2D eigenvalue weighted by molar-refractivity contribution is -0.120. The van der Waals surface area contributed by atoms with Crippen LogP contribution in [0.25, 0.3) is 0 Å². The van der Waals surface area contributed by atoms with Crippen LogP contribution in [0.15, 0.2) is 18.2 Å². The van der Waals surface area contributed by atoms with Crippen molar-refractivity contribution >= 4 is 17.3 Å². The molecule has 2 rings (SSSR count). The summed E-state index contributed by atoms with van der Waals surface area (Å²) in [5, 5.41) is 3.01. The van der Waals surface area contributed by atoms with Crippen molar-refractivity contribution in [1.82, 2.24) is 4.90 Å². The molecule has 1 aliphatic carbocycles. The fourth-order valence-corrected chi connectivity index (χ4v) is 3.02. The van der Waals surface area contributed by atoms with Gasteiger partial charge in [0, 0.05) is 17.9 Å². The molecule has 1 saturated carbocycles. The lowest BCUT2D eigenvalue weighted by Gasteiger charge is -2.26. The van der Waals surface area contributed by atoms with E-state index in [4.69, 9.17) is 5.73 Å². The van der Waals surface area contributed by atoms with Gasteiger partial charge in [0.2, 0.25) is 5.91 Å². The topological polar surface area (TPSA) is 58.4 Å². The Morgan fingerprint density at radius 1 is 1.43 bits per heavy atom. The average Bonchev–Trinajstić information content (AvgIpc) is 2.93. The number of carbonyl (C=O) groups is 1. The van der Waals surface area contributed by atoms with Gasteiger partial charge >= 0.3 is 0 Å². The van der Waals surface area contributed by atoms with Gasteiger partial charge < -0.3 is 11.1 Å². The second-order valence-corrected chi connectivity index (χ2v) is 6.33. The summed E-state index contributed by atoms with van der Waals surface area (Å²) in [7, 11) is 2.04. The van der Waals surface area contributed by atoms with Crippen LogP contribution in [0, 0.1) is 12.8 Å². The van der Waals surface area contributed by atoms with Gasteiger partial charge in [0.1, 0.15) is 0 Å². The van der Waals surface area contributed by atoms with E-state index in [0.29, 0.717) is 0 Å². The van der Waals surface area contributed by atoms with E-state index in [1.54, 1.807) is 0 Å². The van der Waals surface area contributed by atoms with Crippen LogP contribution in [0.3, 0.4) is 0 Å². The van der Waals surface area contributed by atoms with Crippen LogP contribution in [0.2, 0.25) is 0 Å². The van der Waals surface area contributed by atoms with E-state index in [-0.39, 0.29) is 11.9 Å². The smallest absolute Gasteiger partial charge is 0.241 e. The molecule has 1 atom stereocenters. The Hall–Kier alpha value is -1.55. The molecule has 0 radical (unpaired) electrons. The highest BCUT2D eigenvalue weighted by Gasteiger charge is 2.23. The summed E-state index contributed by atoms with van der Waals surface area (Å²) in [5.74, 6) is 0.798. The molecule has 0 bridgehead atoms. The first-order chi connectivity index (χ1) is 9.97. The standard InChI is InChI=1S/C17H27N3O/c1-12-10-15(18)8-9-16(12)19-17(21)13(2)20(3)11-14-6-4-5-7-14/h8-10,13-14H,4-7,11,18H2,1-3H3,(H,19,21). The predicted molar refractivity (Wildman–Crippen MR) is 88.3 cm³/mol. The Morgan fingerprint density at radius 3 is 2.71 bits per heavy atom. The summed E-state index contributed by atoms with van der Waals surface area (Å²) in [6.45, 7) is 4.94. The van der Waals surface area contributed by atoms with Gasteiger partial charge in [-0.1, -0.05) is 12.8 Å². The van der Waals surface area contributed by atoms with E-state index in [9.17, 15) is 4.79 Å². The van der Waals surface area contributed by atoms with Crippen LogP contribution in [-0.4, -0.2) is 30.4 Å². The third-order valence-electron chi connectivity index (χ3n) is 4.57. The number of aryl methyl sites for hydroxylation is 1. The summed E-state index contributed by atoms with van der Waals surface area (Å²) >= 11 is 0. The molecule has 1 aliphatic rings. The fourth-order valence-electron chi connectivity index (χ4n) is 3.02. The van der Waals surface area contributed by atoms with Crippen LogP contribution < -0.4 is 11.1 Å². The monoisotopic (exact) mass is 289 g/mol. The summed E-state index contributed by atoms with van der Waals surface area (Å²) in [6, 6.07) is 5.44. The lowest BCUT2D eigenvalue weighted by Crippen LogP contribution is -2.41. The Bertz CT molecular complexity index is 495. The molecule has 1 fully saturated rings. The van der Waals surface area contributed by atoms with Crippen molar-refractivity contribution in [1.29, 1.82) is 0 Å². The summed E-state index contributed by atoms with van der Waals surface area (Å²) < 4.78 is 0. The lowest BCUT2D eigenvalue weighted by atomic mass is 10.1. The van der Waals surface area contributed by atoms with Gasteiger partial charge in [-0.3, -0.25) is 9.69 Å². The number of hydrogen-bond donors (Lipinski definition) is 2. The van der Waals surface area contributed by atoms with Crippen molar-refractivity contribution in [3.8, 4) is 0 Å². The van der Waals surface area contributed by atoms with Gasteiger partial charge in [-0.2, -0.15) is 0 Å². The largest absolute Gasteiger partial charge is 0.399 e. The third kappa shape index (κ3) is 4.21. The molecule has 1 aromatic rings. The molecular weight excluding hydrogens is 262 g/mol. The molecule has 0 aliphatic heterocycles.